The Morgan fingerprint density at radius 1 is 1.50 bits per heavy atom. The van der Waals surface area contributed by atoms with Gasteiger partial charge in [0.2, 0.25) is 5.71 Å². The Balaban J connectivity index is 2.21. The molecule has 84 valence electrons. The summed E-state index contributed by atoms with van der Waals surface area (Å²) in [5, 5.41) is 11.6. The number of rotatable bonds is 3. The van der Waals surface area contributed by atoms with Gasteiger partial charge in [0.15, 0.2) is 6.54 Å². The molecule has 0 spiro atoms. The molecule has 1 aromatic rings. The van der Waals surface area contributed by atoms with Gasteiger partial charge in [-0.05, 0) is 13.0 Å². The fraction of sp³-hybridized carbons (Fsp3) is 0.333. The molecular formula is C12H13NO3. The lowest BCUT2D eigenvalue weighted by Crippen LogP contribution is -2.16. The van der Waals surface area contributed by atoms with Crippen molar-refractivity contribution in [2.75, 3.05) is 6.61 Å². The van der Waals surface area contributed by atoms with Crippen molar-refractivity contribution < 1.29 is 14.3 Å². The lowest BCUT2D eigenvalue weighted by Gasteiger charge is -2.03. The number of ether oxygens (including phenoxy) is 1. The first-order chi connectivity index (χ1) is 7.72. The first kappa shape index (κ1) is 10.7. The van der Waals surface area contributed by atoms with Crippen molar-refractivity contribution in [3.8, 4) is 0 Å². The predicted octanol–water partition coefficient (Wildman–Crippen LogP) is 1.45. The van der Waals surface area contributed by atoms with E-state index in [2.05, 4.69) is 0 Å². The molecule has 0 aromatic heterocycles. The zero-order valence-corrected chi connectivity index (χ0v) is 9.10. The summed E-state index contributed by atoms with van der Waals surface area (Å²) in [6.45, 7) is 2.41. The van der Waals surface area contributed by atoms with Crippen molar-refractivity contribution in [3.05, 3.63) is 40.6 Å². The fourth-order valence-electron chi connectivity index (χ4n) is 1.86. The molecule has 0 saturated carbocycles. The predicted molar refractivity (Wildman–Crippen MR) is 59.1 cm³/mol. The van der Waals surface area contributed by atoms with Crippen LogP contribution in [-0.4, -0.2) is 23.0 Å². The minimum Gasteiger partial charge on any atom is -0.623 e. The minimum absolute atomic E-state index is 0.0500. The molecule has 0 bridgehead atoms. The molecule has 4 heteroatoms. The van der Waals surface area contributed by atoms with Crippen molar-refractivity contribution >= 4 is 11.7 Å². The molecule has 0 amide bonds. The standard InChI is InChI=1S/C12H13NO3/c1-2-16-12(14)7-11-10-6-4-3-5-9(10)8-13(11)15/h3-6H,2,7-8H2,1H3. The molecule has 4 nitrogen and oxygen atoms in total. The van der Waals surface area contributed by atoms with Crippen molar-refractivity contribution in [3.63, 3.8) is 0 Å². The van der Waals surface area contributed by atoms with Crippen LogP contribution >= 0.6 is 0 Å². The van der Waals surface area contributed by atoms with E-state index in [0.29, 0.717) is 18.9 Å². The second-order valence-corrected chi connectivity index (χ2v) is 3.62. The first-order valence-corrected chi connectivity index (χ1v) is 5.26. The summed E-state index contributed by atoms with van der Waals surface area (Å²) >= 11 is 0. The van der Waals surface area contributed by atoms with E-state index in [1.165, 1.54) is 0 Å². The van der Waals surface area contributed by atoms with Crippen LogP contribution in [-0.2, 0) is 16.1 Å². The highest BCUT2D eigenvalue weighted by molar-refractivity contribution is 6.08. The Hall–Kier alpha value is -1.84. The van der Waals surface area contributed by atoms with E-state index in [9.17, 15) is 10.0 Å². The molecule has 1 aliphatic rings. The van der Waals surface area contributed by atoms with Crippen LogP contribution in [0.3, 0.4) is 0 Å². The molecule has 0 fully saturated rings. The summed E-state index contributed by atoms with van der Waals surface area (Å²) in [4.78, 5) is 11.3. The number of carbonyl (C=O) groups excluding carboxylic acids is 1. The highest BCUT2D eigenvalue weighted by Crippen LogP contribution is 2.19. The van der Waals surface area contributed by atoms with Crippen LogP contribution in [0.25, 0.3) is 0 Å². The van der Waals surface area contributed by atoms with Gasteiger partial charge in [-0.2, -0.15) is 0 Å². The number of hydrogen-bond donors (Lipinski definition) is 0. The van der Waals surface area contributed by atoms with E-state index in [1.807, 2.05) is 24.3 Å². The number of esters is 1. The summed E-state index contributed by atoms with van der Waals surface area (Å²) in [5.74, 6) is -0.352. The van der Waals surface area contributed by atoms with Crippen LogP contribution in [0.1, 0.15) is 24.5 Å². The lowest BCUT2D eigenvalue weighted by atomic mass is 10.0. The Morgan fingerprint density at radius 3 is 3.00 bits per heavy atom. The molecule has 2 rings (SSSR count). The van der Waals surface area contributed by atoms with Crippen LogP contribution in [0, 0.1) is 5.21 Å². The van der Waals surface area contributed by atoms with E-state index >= 15 is 0 Å². The Labute approximate surface area is 93.7 Å². The van der Waals surface area contributed by atoms with Gasteiger partial charge in [-0.3, -0.25) is 4.79 Å². The maximum absolute atomic E-state index is 11.6. The second-order valence-electron chi connectivity index (χ2n) is 3.62. The van der Waals surface area contributed by atoms with Gasteiger partial charge in [-0.15, -0.1) is 0 Å². The van der Waals surface area contributed by atoms with Gasteiger partial charge in [0.05, 0.1) is 12.2 Å². The Kier molecular flexibility index (Phi) is 2.90. The zero-order chi connectivity index (χ0) is 11.5. The molecular weight excluding hydrogens is 206 g/mol. The lowest BCUT2D eigenvalue weighted by molar-refractivity contribution is -0.470. The third-order valence-corrected chi connectivity index (χ3v) is 2.56. The van der Waals surface area contributed by atoms with Gasteiger partial charge < -0.3 is 9.94 Å². The van der Waals surface area contributed by atoms with Gasteiger partial charge in [-0.1, -0.05) is 18.2 Å². The van der Waals surface area contributed by atoms with Crippen molar-refractivity contribution in [2.45, 2.75) is 19.9 Å². The third-order valence-electron chi connectivity index (χ3n) is 2.56. The molecule has 0 radical (unpaired) electrons. The van der Waals surface area contributed by atoms with Crippen molar-refractivity contribution in [1.29, 1.82) is 0 Å². The van der Waals surface area contributed by atoms with E-state index in [-0.39, 0.29) is 12.4 Å². The topological polar surface area (TPSA) is 52.4 Å². The smallest absolute Gasteiger partial charge is 0.316 e. The minimum atomic E-state index is -0.352. The summed E-state index contributed by atoms with van der Waals surface area (Å²) in [5.41, 5.74) is 2.34. The number of benzene rings is 1. The third kappa shape index (κ3) is 1.91. The van der Waals surface area contributed by atoms with Gasteiger partial charge in [0.1, 0.15) is 6.42 Å². The van der Waals surface area contributed by atoms with E-state index in [0.717, 1.165) is 15.9 Å². The van der Waals surface area contributed by atoms with Crippen LogP contribution in [0.5, 0.6) is 0 Å². The van der Waals surface area contributed by atoms with E-state index in [1.54, 1.807) is 6.92 Å². The molecule has 0 saturated heterocycles. The normalized spacial score (nSPS) is 13.8. The molecule has 1 aliphatic heterocycles. The molecule has 0 atom stereocenters. The Bertz CT molecular complexity index is 451. The summed E-state index contributed by atoms with van der Waals surface area (Å²) in [6, 6.07) is 7.52. The average molecular weight is 219 g/mol. The van der Waals surface area contributed by atoms with Gasteiger partial charge in [-0.25, -0.2) is 4.74 Å². The van der Waals surface area contributed by atoms with Gasteiger partial charge >= 0.3 is 5.97 Å². The largest absolute Gasteiger partial charge is 0.623 e. The zero-order valence-electron chi connectivity index (χ0n) is 9.10. The SMILES string of the molecule is CCOC(=O)CC1=[N+]([O-])Cc2ccccc21. The van der Waals surface area contributed by atoms with Crippen LogP contribution in [0.15, 0.2) is 24.3 Å². The van der Waals surface area contributed by atoms with E-state index < -0.39 is 0 Å². The average Bonchev–Trinajstić information content (AvgIpc) is 2.56. The summed E-state index contributed by atoms with van der Waals surface area (Å²) in [7, 11) is 0. The maximum atomic E-state index is 11.6. The number of fused-ring (bicyclic) bond motifs is 1. The van der Waals surface area contributed by atoms with Crippen LogP contribution in [0.2, 0.25) is 0 Å². The summed E-state index contributed by atoms with van der Waals surface area (Å²) < 4.78 is 5.70. The fourth-order valence-corrected chi connectivity index (χ4v) is 1.86. The first-order valence-electron chi connectivity index (χ1n) is 5.26. The number of carbonyl (C=O) groups is 1. The van der Waals surface area contributed by atoms with E-state index in [4.69, 9.17) is 4.74 Å². The number of hydrogen-bond acceptors (Lipinski definition) is 3. The molecule has 16 heavy (non-hydrogen) atoms. The molecule has 1 aromatic carbocycles. The number of hydroxylamine groups is 1. The van der Waals surface area contributed by atoms with Crippen LogP contribution in [0.4, 0.5) is 0 Å². The maximum Gasteiger partial charge on any atom is 0.316 e. The second kappa shape index (κ2) is 4.35. The van der Waals surface area contributed by atoms with Gasteiger partial charge in [0, 0.05) is 5.56 Å². The van der Waals surface area contributed by atoms with Crippen molar-refractivity contribution in [2.24, 2.45) is 0 Å². The molecule has 0 N–H and O–H groups in total. The quantitative estimate of drug-likeness (QED) is 0.439. The highest BCUT2D eigenvalue weighted by atomic mass is 16.5. The number of nitrogens with zero attached hydrogens (tertiary/aromatic N) is 1. The van der Waals surface area contributed by atoms with Crippen LogP contribution < -0.4 is 0 Å². The monoisotopic (exact) mass is 219 g/mol. The highest BCUT2D eigenvalue weighted by Gasteiger charge is 2.27. The Morgan fingerprint density at radius 2 is 2.25 bits per heavy atom. The molecule has 0 unspecified atom stereocenters. The molecule has 1 heterocycles. The summed E-state index contributed by atoms with van der Waals surface area (Å²) in [6.07, 6.45) is 0.0500. The molecule has 0 aliphatic carbocycles. The van der Waals surface area contributed by atoms with Gasteiger partial charge in [0.25, 0.3) is 0 Å². The van der Waals surface area contributed by atoms with Crippen molar-refractivity contribution in [1.82, 2.24) is 0 Å².